The van der Waals surface area contributed by atoms with E-state index in [0.29, 0.717) is 10.8 Å². The molecule has 2 aromatic carbocycles. The summed E-state index contributed by atoms with van der Waals surface area (Å²) in [6, 6.07) is 12.6. The highest BCUT2D eigenvalue weighted by Crippen LogP contribution is 2.31. The monoisotopic (exact) mass is 343 g/mol. The maximum Gasteiger partial charge on any atom is 0.173 e. The van der Waals surface area contributed by atoms with Gasteiger partial charge in [-0.05, 0) is 42.9 Å². The van der Waals surface area contributed by atoms with E-state index in [9.17, 15) is 10.2 Å². The van der Waals surface area contributed by atoms with Crippen LogP contribution in [0.5, 0.6) is 11.5 Å². The summed E-state index contributed by atoms with van der Waals surface area (Å²) >= 11 is 5.52. The molecule has 0 atom stereocenters. The van der Waals surface area contributed by atoms with Crippen LogP contribution in [0, 0.1) is 6.92 Å². The first kappa shape index (κ1) is 16.4. The number of aromatic hydroxyl groups is 2. The van der Waals surface area contributed by atoms with Gasteiger partial charge in [0, 0.05) is 37.9 Å². The van der Waals surface area contributed by atoms with Crippen LogP contribution in [0.25, 0.3) is 0 Å². The Balaban J connectivity index is 1.61. The summed E-state index contributed by atoms with van der Waals surface area (Å²) in [6.45, 7) is 5.02. The third-order valence-electron chi connectivity index (χ3n) is 4.25. The van der Waals surface area contributed by atoms with Gasteiger partial charge < -0.3 is 25.3 Å². The minimum Gasteiger partial charge on any atom is -0.508 e. The smallest absolute Gasteiger partial charge is 0.173 e. The second-order valence-corrected chi connectivity index (χ2v) is 6.28. The van der Waals surface area contributed by atoms with Crippen LogP contribution in [0.4, 0.5) is 11.4 Å². The van der Waals surface area contributed by atoms with E-state index < -0.39 is 0 Å². The van der Waals surface area contributed by atoms with Crippen LogP contribution in [-0.2, 0) is 0 Å². The predicted molar refractivity (Wildman–Crippen MR) is 101 cm³/mol. The van der Waals surface area contributed by atoms with Crippen molar-refractivity contribution >= 4 is 28.7 Å². The maximum atomic E-state index is 9.98. The first-order chi connectivity index (χ1) is 11.5. The molecule has 5 nitrogen and oxygen atoms in total. The van der Waals surface area contributed by atoms with Gasteiger partial charge in [0.1, 0.15) is 11.5 Å². The molecule has 1 aliphatic heterocycles. The number of aryl methyl sites for hydroxylation is 1. The Morgan fingerprint density at radius 2 is 1.75 bits per heavy atom. The lowest BCUT2D eigenvalue weighted by molar-refractivity contribution is 0.386. The van der Waals surface area contributed by atoms with Crippen LogP contribution in [0.2, 0.25) is 0 Å². The number of para-hydroxylation sites is 1. The van der Waals surface area contributed by atoms with Crippen molar-refractivity contribution in [2.45, 2.75) is 6.92 Å². The Morgan fingerprint density at radius 1 is 1.04 bits per heavy atom. The van der Waals surface area contributed by atoms with Gasteiger partial charge in [0.15, 0.2) is 5.11 Å². The summed E-state index contributed by atoms with van der Waals surface area (Å²) in [7, 11) is 0. The molecule has 0 aliphatic carbocycles. The zero-order chi connectivity index (χ0) is 17.1. The summed E-state index contributed by atoms with van der Waals surface area (Å²) in [6.07, 6.45) is 0. The van der Waals surface area contributed by atoms with Gasteiger partial charge in [-0.15, -0.1) is 0 Å². The molecule has 126 valence electrons. The quantitative estimate of drug-likeness (QED) is 0.576. The number of nitrogens with one attached hydrogen (secondary N) is 1. The molecule has 1 saturated heterocycles. The van der Waals surface area contributed by atoms with Gasteiger partial charge in [-0.1, -0.05) is 18.2 Å². The van der Waals surface area contributed by atoms with E-state index in [1.807, 2.05) is 31.2 Å². The van der Waals surface area contributed by atoms with Gasteiger partial charge >= 0.3 is 0 Å². The summed E-state index contributed by atoms with van der Waals surface area (Å²) < 4.78 is 0. The molecule has 0 bridgehead atoms. The van der Waals surface area contributed by atoms with E-state index in [1.165, 1.54) is 12.1 Å². The van der Waals surface area contributed by atoms with Gasteiger partial charge in [0.25, 0.3) is 0 Å². The molecule has 6 heteroatoms. The third kappa shape index (κ3) is 3.54. The van der Waals surface area contributed by atoms with E-state index in [1.54, 1.807) is 6.07 Å². The molecular formula is C18H21N3O2S. The van der Waals surface area contributed by atoms with Gasteiger partial charge in [-0.3, -0.25) is 0 Å². The van der Waals surface area contributed by atoms with E-state index in [2.05, 4.69) is 15.1 Å². The summed E-state index contributed by atoms with van der Waals surface area (Å²) in [5, 5.41) is 23.6. The SMILES string of the molecule is Cc1ccccc1NC(=S)N1CCN(c2cc(O)ccc2O)CC1. The molecule has 1 heterocycles. The van der Waals surface area contributed by atoms with Crippen molar-refractivity contribution in [3.05, 3.63) is 48.0 Å². The molecule has 1 fully saturated rings. The van der Waals surface area contributed by atoms with Crippen molar-refractivity contribution in [3.8, 4) is 11.5 Å². The number of hydrogen-bond acceptors (Lipinski definition) is 4. The first-order valence-electron chi connectivity index (χ1n) is 7.93. The number of thiocarbonyl (C=S) groups is 1. The van der Waals surface area contributed by atoms with Crippen molar-refractivity contribution in [3.63, 3.8) is 0 Å². The number of nitrogens with zero attached hydrogens (tertiary/aromatic N) is 2. The molecular weight excluding hydrogens is 322 g/mol. The lowest BCUT2D eigenvalue weighted by atomic mass is 10.2. The molecule has 0 spiro atoms. The largest absolute Gasteiger partial charge is 0.508 e. The van der Waals surface area contributed by atoms with Crippen molar-refractivity contribution in [2.24, 2.45) is 0 Å². The lowest BCUT2D eigenvalue weighted by Crippen LogP contribution is -2.50. The minimum absolute atomic E-state index is 0.155. The fourth-order valence-electron chi connectivity index (χ4n) is 2.82. The van der Waals surface area contributed by atoms with E-state index in [-0.39, 0.29) is 11.5 Å². The molecule has 0 aromatic heterocycles. The van der Waals surface area contributed by atoms with Crippen molar-refractivity contribution in [1.82, 2.24) is 4.90 Å². The highest BCUT2D eigenvalue weighted by atomic mass is 32.1. The average molecular weight is 343 g/mol. The number of rotatable bonds is 2. The molecule has 0 radical (unpaired) electrons. The van der Waals surface area contributed by atoms with Crippen LogP contribution < -0.4 is 10.2 Å². The molecule has 2 aromatic rings. The molecule has 24 heavy (non-hydrogen) atoms. The standard InChI is InChI=1S/C18H21N3O2S/c1-13-4-2-3-5-15(13)19-18(24)21-10-8-20(9-11-21)16-12-14(22)6-7-17(16)23/h2-7,12,22-23H,8-11H2,1H3,(H,19,24). The summed E-state index contributed by atoms with van der Waals surface area (Å²) in [5.41, 5.74) is 2.84. The second kappa shape index (κ2) is 6.97. The van der Waals surface area contributed by atoms with Crippen LogP contribution in [0.1, 0.15) is 5.56 Å². The van der Waals surface area contributed by atoms with Crippen LogP contribution in [-0.4, -0.2) is 46.4 Å². The Kier molecular flexibility index (Phi) is 4.76. The third-order valence-corrected chi connectivity index (χ3v) is 4.61. The number of phenolic OH excluding ortho intramolecular Hbond substituents is 2. The highest BCUT2D eigenvalue weighted by Gasteiger charge is 2.21. The predicted octanol–water partition coefficient (Wildman–Crippen LogP) is 2.93. The normalized spacial score (nSPS) is 14.5. The van der Waals surface area contributed by atoms with Crippen LogP contribution >= 0.6 is 12.2 Å². The minimum atomic E-state index is 0.155. The molecule has 0 amide bonds. The lowest BCUT2D eigenvalue weighted by Gasteiger charge is -2.37. The summed E-state index contributed by atoms with van der Waals surface area (Å²) in [5.74, 6) is 0.337. The molecule has 3 N–H and O–H groups in total. The number of benzene rings is 2. The van der Waals surface area contributed by atoms with Gasteiger partial charge in [0.05, 0.1) is 5.69 Å². The fourth-order valence-corrected chi connectivity index (χ4v) is 3.12. The average Bonchev–Trinajstić information content (AvgIpc) is 2.59. The molecule has 0 saturated carbocycles. The second-order valence-electron chi connectivity index (χ2n) is 5.89. The molecule has 1 aliphatic rings. The number of anilines is 2. The van der Waals surface area contributed by atoms with E-state index in [4.69, 9.17) is 12.2 Å². The Bertz CT molecular complexity index is 743. The number of piperazine rings is 1. The van der Waals surface area contributed by atoms with E-state index >= 15 is 0 Å². The fraction of sp³-hybridized carbons (Fsp3) is 0.278. The molecule has 3 rings (SSSR count). The van der Waals surface area contributed by atoms with Gasteiger partial charge in [-0.2, -0.15) is 0 Å². The van der Waals surface area contributed by atoms with E-state index in [0.717, 1.165) is 37.4 Å². The van der Waals surface area contributed by atoms with Crippen LogP contribution in [0.15, 0.2) is 42.5 Å². The van der Waals surface area contributed by atoms with Gasteiger partial charge in [0.2, 0.25) is 0 Å². The Labute approximate surface area is 147 Å². The number of hydrogen-bond donors (Lipinski definition) is 3. The first-order valence-corrected chi connectivity index (χ1v) is 8.34. The number of phenols is 2. The van der Waals surface area contributed by atoms with Gasteiger partial charge in [-0.25, -0.2) is 0 Å². The highest BCUT2D eigenvalue weighted by molar-refractivity contribution is 7.80. The van der Waals surface area contributed by atoms with Crippen molar-refractivity contribution in [1.29, 1.82) is 0 Å². The molecule has 0 unspecified atom stereocenters. The van der Waals surface area contributed by atoms with Crippen LogP contribution in [0.3, 0.4) is 0 Å². The Morgan fingerprint density at radius 3 is 2.46 bits per heavy atom. The topological polar surface area (TPSA) is 59.0 Å². The zero-order valence-corrected chi connectivity index (χ0v) is 14.4. The van der Waals surface area contributed by atoms with Crippen molar-refractivity contribution in [2.75, 3.05) is 36.4 Å². The Hall–Kier alpha value is -2.47. The maximum absolute atomic E-state index is 9.98. The van der Waals surface area contributed by atoms with Crippen molar-refractivity contribution < 1.29 is 10.2 Å². The summed E-state index contributed by atoms with van der Waals surface area (Å²) in [4.78, 5) is 4.18. The zero-order valence-electron chi connectivity index (χ0n) is 13.6.